The van der Waals surface area contributed by atoms with Gasteiger partial charge in [-0.2, -0.15) is 0 Å². The highest BCUT2D eigenvalue weighted by Gasteiger charge is 2.12. The molecule has 0 aliphatic carbocycles. The molecule has 88 valence electrons. The topological polar surface area (TPSA) is 25.8 Å². The first kappa shape index (κ1) is 12.5. The Morgan fingerprint density at radius 2 is 1.65 bits per heavy atom. The van der Waals surface area contributed by atoms with Crippen molar-refractivity contribution in [2.24, 2.45) is 0 Å². The van der Waals surface area contributed by atoms with Gasteiger partial charge in [-0.3, -0.25) is 0 Å². The Labute approximate surface area is 114 Å². The lowest BCUT2D eigenvalue weighted by molar-refractivity contribution is 1.08. The van der Waals surface area contributed by atoms with E-state index >= 15 is 0 Å². The Bertz CT molecular complexity index is 538. The highest BCUT2D eigenvalue weighted by atomic mass is 79.9. The van der Waals surface area contributed by atoms with Gasteiger partial charge in [-0.15, -0.1) is 0 Å². The van der Waals surface area contributed by atoms with Crippen molar-refractivity contribution in [2.45, 2.75) is 20.8 Å². The summed E-state index contributed by atoms with van der Waals surface area (Å²) < 4.78 is 0.758. The molecule has 1 aromatic heterocycles. The third kappa shape index (κ3) is 2.35. The van der Waals surface area contributed by atoms with Crippen molar-refractivity contribution in [2.75, 3.05) is 0 Å². The van der Waals surface area contributed by atoms with Crippen LogP contribution in [0.5, 0.6) is 0 Å². The number of aryl methyl sites for hydroxylation is 3. The first-order valence-corrected chi connectivity index (χ1v) is 6.44. The minimum absolute atomic E-state index is 0.454. The molecular weight excluding hydrogens is 300 g/mol. The van der Waals surface area contributed by atoms with Gasteiger partial charge in [0.2, 0.25) is 0 Å². The van der Waals surface area contributed by atoms with E-state index in [0.717, 1.165) is 26.9 Å². The molecule has 0 unspecified atom stereocenters. The van der Waals surface area contributed by atoms with Gasteiger partial charge in [-0.05, 0) is 47.8 Å². The summed E-state index contributed by atoms with van der Waals surface area (Å²) in [7, 11) is 0. The van der Waals surface area contributed by atoms with Crippen molar-refractivity contribution in [3.05, 3.63) is 44.6 Å². The zero-order valence-electron chi connectivity index (χ0n) is 9.88. The molecule has 4 heteroatoms. The van der Waals surface area contributed by atoms with Gasteiger partial charge >= 0.3 is 0 Å². The average molecular weight is 312 g/mol. The highest BCUT2D eigenvalue weighted by molar-refractivity contribution is 9.10. The number of nitrogens with zero attached hydrogens (tertiary/aromatic N) is 2. The van der Waals surface area contributed by atoms with Crippen molar-refractivity contribution >= 4 is 27.5 Å². The van der Waals surface area contributed by atoms with E-state index in [1.165, 1.54) is 0 Å². The van der Waals surface area contributed by atoms with Crippen molar-refractivity contribution in [1.82, 2.24) is 9.97 Å². The fraction of sp³-hybridized carbons (Fsp3) is 0.231. The molecule has 0 aliphatic rings. The maximum Gasteiger partial charge on any atom is 0.161 e. The number of hydrogen-bond donors (Lipinski definition) is 0. The van der Waals surface area contributed by atoms with E-state index in [0.29, 0.717) is 11.0 Å². The second-order valence-corrected chi connectivity index (χ2v) is 5.16. The van der Waals surface area contributed by atoms with Crippen LogP contribution in [0.3, 0.4) is 0 Å². The van der Waals surface area contributed by atoms with E-state index in [4.69, 9.17) is 11.6 Å². The number of halogens is 2. The summed E-state index contributed by atoms with van der Waals surface area (Å²) in [4.78, 5) is 8.82. The molecule has 2 aromatic rings. The van der Waals surface area contributed by atoms with Crippen LogP contribution in [0.15, 0.2) is 22.7 Å². The fourth-order valence-electron chi connectivity index (χ4n) is 1.80. The minimum atomic E-state index is 0.454. The summed E-state index contributed by atoms with van der Waals surface area (Å²) in [5, 5.41) is 0.454. The quantitative estimate of drug-likeness (QED) is 0.725. The van der Waals surface area contributed by atoms with Crippen LogP contribution < -0.4 is 0 Å². The Balaban J connectivity index is 2.69. The maximum absolute atomic E-state index is 6.08. The lowest BCUT2D eigenvalue weighted by Crippen LogP contribution is -1.97. The zero-order valence-corrected chi connectivity index (χ0v) is 12.2. The van der Waals surface area contributed by atoms with Gasteiger partial charge in [0.05, 0.1) is 10.2 Å². The Kier molecular flexibility index (Phi) is 3.50. The molecular formula is C13H12BrClN2. The van der Waals surface area contributed by atoms with Gasteiger partial charge in [0.25, 0.3) is 0 Å². The van der Waals surface area contributed by atoms with Crippen molar-refractivity contribution in [1.29, 1.82) is 0 Å². The smallest absolute Gasteiger partial charge is 0.161 e. The summed E-state index contributed by atoms with van der Waals surface area (Å²) in [5.74, 6) is 0.686. The first-order chi connectivity index (χ1) is 8.00. The van der Waals surface area contributed by atoms with Gasteiger partial charge in [0.15, 0.2) is 5.82 Å². The van der Waals surface area contributed by atoms with Crippen LogP contribution in [0.25, 0.3) is 11.4 Å². The molecule has 0 N–H and O–H groups in total. The molecule has 0 spiro atoms. The van der Waals surface area contributed by atoms with Crippen LogP contribution >= 0.6 is 27.5 Å². The first-order valence-electron chi connectivity index (χ1n) is 5.27. The van der Waals surface area contributed by atoms with Crippen molar-refractivity contribution in [3.63, 3.8) is 0 Å². The molecule has 17 heavy (non-hydrogen) atoms. The average Bonchev–Trinajstić information content (AvgIpc) is 2.25. The normalized spacial score (nSPS) is 10.6. The lowest BCUT2D eigenvalue weighted by atomic mass is 10.0. The van der Waals surface area contributed by atoms with Crippen LogP contribution in [0, 0.1) is 20.8 Å². The zero-order chi connectivity index (χ0) is 12.6. The number of rotatable bonds is 1. The van der Waals surface area contributed by atoms with E-state index in [2.05, 4.69) is 51.9 Å². The summed E-state index contributed by atoms with van der Waals surface area (Å²) in [5.41, 5.74) is 4.22. The van der Waals surface area contributed by atoms with Gasteiger partial charge in [-0.1, -0.05) is 29.8 Å². The maximum atomic E-state index is 6.08. The fourth-order valence-corrected chi connectivity index (χ4v) is 2.20. The van der Waals surface area contributed by atoms with Gasteiger partial charge in [0.1, 0.15) is 5.15 Å². The minimum Gasteiger partial charge on any atom is -0.232 e. The number of benzene rings is 1. The second-order valence-electron chi connectivity index (χ2n) is 4.00. The Morgan fingerprint density at radius 3 is 2.18 bits per heavy atom. The molecule has 0 atom stereocenters. The molecule has 0 saturated carbocycles. The van der Waals surface area contributed by atoms with Crippen molar-refractivity contribution in [3.8, 4) is 11.4 Å². The highest BCUT2D eigenvalue weighted by Crippen LogP contribution is 2.29. The van der Waals surface area contributed by atoms with E-state index in [9.17, 15) is 0 Å². The molecule has 1 aromatic carbocycles. The summed E-state index contributed by atoms with van der Waals surface area (Å²) in [6, 6.07) is 6.13. The summed E-state index contributed by atoms with van der Waals surface area (Å²) in [6.07, 6.45) is 0. The predicted molar refractivity (Wildman–Crippen MR) is 74.4 cm³/mol. The summed E-state index contributed by atoms with van der Waals surface area (Å²) in [6.45, 7) is 6.02. The van der Waals surface area contributed by atoms with Crippen LogP contribution in [0.1, 0.15) is 16.8 Å². The third-order valence-electron chi connectivity index (χ3n) is 2.68. The van der Waals surface area contributed by atoms with Gasteiger partial charge in [-0.25, -0.2) is 9.97 Å². The molecule has 0 fully saturated rings. The molecule has 2 nitrogen and oxygen atoms in total. The Hall–Kier alpha value is -0.930. The van der Waals surface area contributed by atoms with Crippen LogP contribution in [-0.2, 0) is 0 Å². The number of hydrogen-bond acceptors (Lipinski definition) is 2. The SMILES string of the molecule is Cc1cccc(C)c1-c1nc(C)c(Br)c(Cl)n1. The number of aromatic nitrogens is 2. The monoisotopic (exact) mass is 310 g/mol. The summed E-state index contributed by atoms with van der Waals surface area (Å²) >= 11 is 9.44. The molecule has 0 radical (unpaired) electrons. The Morgan fingerprint density at radius 1 is 1.06 bits per heavy atom. The lowest BCUT2D eigenvalue weighted by Gasteiger charge is -2.10. The third-order valence-corrected chi connectivity index (χ3v) is 4.13. The molecule has 2 rings (SSSR count). The molecule has 0 amide bonds. The van der Waals surface area contributed by atoms with Crippen LogP contribution in [0.2, 0.25) is 5.15 Å². The van der Waals surface area contributed by atoms with E-state index in [1.807, 2.05) is 13.0 Å². The van der Waals surface area contributed by atoms with Crippen LogP contribution in [0.4, 0.5) is 0 Å². The largest absolute Gasteiger partial charge is 0.232 e. The molecule has 0 bridgehead atoms. The van der Waals surface area contributed by atoms with E-state index < -0.39 is 0 Å². The predicted octanol–water partition coefficient (Wildman–Crippen LogP) is 4.48. The van der Waals surface area contributed by atoms with E-state index in [-0.39, 0.29) is 0 Å². The van der Waals surface area contributed by atoms with Gasteiger partial charge < -0.3 is 0 Å². The standard InChI is InChI=1S/C13H12BrClN2/c1-7-5-4-6-8(2)10(7)13-16-9(3)11(14)12(15)17-13/h4-6H,1-3H3. The molecule has 0 saturated heterocycles. The second kappa shape index (κ2) is 4.75. The van der Waals surface area contributed by atoms with E-state index in [1.54, 1.807) is 0 Å². The van der Waals surface area contributed by atoms with Crippen LogP contribution in [-0.4, -0.2) is 9.97 Å². The van der Waals surface area contributed by atoms with Gasteiger partial charge in [0, 0.05) is 5.56 Å². The molecule has 1 heterocycles. The molecule has 0 aliphatic heterocycles. The van der Waals surface area contributed by atoms with Crippen molar-refractivity contribution < 1.29 is 0 Å².